The van der Waals surface area contributed by atoms with Crippen LogP contribution in [0.15, 0.2) is 71.6 Å². The average Bonchev–Trinajstić information content (AvgIpc) is 3.31. The summed E-state index contributed by atoms with van der Waals surface area (Å²) in [7, 11) is -2.39. The Morgan fingerprint density at radius 3 is 2.50 bits per heavy atom. The number of hydrogen-bond acceptors (Lipinski definition) is 7. The number of nitrogens with one attached hydrogen (secondary N) is 2. The van der Waals surface area contributed by atoms with E-state index in [1.54, 1.807) is 36.4 Å². The van der Waals surface area contributed by atoms with E-state index < -0.39 is 22.0 Å². The first kappa shape index (κ1) is 23.4. The first-order chi connectivity index (χ1) is 16.3. The molecule has 9 nitrogen and oxygen atoms in total. The maximum Gasteiger partial charge on any atom is 0.242 e. The van der Waals surface area contributed by atoms with Crippen LogP contribution in [0.3, 0.4) is 0 Å². The highest BCUT2D eigenvalue weighted by Crippen LogP contribution is 2.35. The molecule has 1 amide bonds. The quantitative estimate of drug-likeness (QED) is 0.479. The fourth-order valence-corrected chi connectivity index (χ4v) is 4.43. The molecule has 0 saturated heterocycles. The molecule has 1 aliphatic rings. The Bertz CT molecular complexity index is 1280. The number of carbonyl (C=O) groups is 1. The van der Waals surface area contributed by atoms with Gasteiger partial charge in [0.25, 0.3) is 0 Å². The second-order valence-electron chi connectivity index (χ2n) is 7.51. The van der Waals surface area contributed by atoms with Crippen LogP contribution in [-0.4, -0.2) is 34.3 Å². The maximum atomic E-state index is 12.6. The van der Waals surface area contributed by atoms with Gasteiger partial charge in [-0.3, -0.25) is 4.79 Å². The topological polar surface area (TPSA) is 112 Å². The Morgan fingerprint density at radius 1 is 1.00 bits per heavy atom. The van der Waals surface area contributed by atoms with Crippen molar-refractivity contribution in [3.8, 4) is 23.0 Å². The number of sulfonamides is 1. The monoisotopic (exact) mass is 484 g/mol. The number of hydrogen-bond donors (Lipinski definition) is 2. The molecule has 3 aromatic carbocycles. The van der Waals surface area contributed by atoms with Crippen LogP contribution in [0, 0.1) is 0 Å². The van der Waals surface area contributed by atoms with Crippen molar-refractivity contribution in [2.24, 2.45) is 0 Å². The van der Waals surface area contributed by atoms with E-state index in [1.165, 1.54) is 38.3 Å². The predicted molar refractivity (Wildman–Crippen MR) is 125 cm³/mol. The summed E-state index contributed by atoms with van der Waals surface area (Å²) in [6.07, 6.45) is 0. The zero-order valence-corrected chi connectivity index (χ0v) is 19.4. The van der Waals surface area contributed by atoms with Gasteiger partial charge in [-0.15, -0.1) is 0 Å². The van der Waals surface area contributed by atoms with Gasteiger partial charge in [0, 0.05) is 11.8 Å². The Kier molecular flexibility index (Phi) is 6.90. The fourth-order valence-electron chi connectivity index (χ4n) is 3.23. The lowest BCUT2D eigenvalue weighted by Crippen LogP contribution is -2.41. The molecule has 0 saturated carbocycles. The first-order valence-electron chi connectivity index (χ1n) is 10.4. The molecule has 3 aromatic rings. The molecule has 178 valence electrons. The van der Waals surface area contributed by atoms with Crippen LogP contribution in [0.2, 0.25) is 0 Å². The standard InChI is InChI=1S/C24H24N2O7S/c1-16(26-34(28,29)21-9-6-19(30-2)7-10-21)24(27)25-18-5-3-4-17(12-18)14-31-20-8-11-22-23(13-20)33-15-32-22/h3-13,16,26H,14-15H2,1-2H3,(H,25,27)/t16-/m0/s1. The van der Waals surface area contributed by atoms with Crippen molar-refractivity contribution in [1.82, 2.24) is 4.72 Å². The Hall–Kier alpha value is -3.76. The number of benzene rings is 3. The minimum absolute atomic E-state index is 0.0376. The van der Waals surface area contributed by atoms with Crippen molar-refractivity contribution in [3.05, 3.63) is 72.3 Å². The van der Waals surface area contributed by atoms with E-state index in [0.717, 1.165) is 5.56 Å². The molecular formula is C24H24N2O7S. The minimum Gasteiger partial charge on any atom is -0.497 e. The van der Waals surface area contributed by atoms with Crippen LogP contribution in [-0.2, 0) is 21.4 Å². The molecule has 0 fully saturated rings. The number of rotatable bonds is 9. The number of ether oxygens (including phenoxy) is 4. The van der Waals surface area contributed by atoms with E-state index in [4.69, 9.17) is 18.9 Å². The van der Waals surface area contributed by atoms with Crippen molar-refractivity contribution >= 4 is 21.6 Å². The zero-order chi connectivity index (χ0) is 24.1. The summed E-state index contributed by atoms with van der Waals surface area (Å²) < 4.78 is 49.0. The van der Waals surface area contributed by atoms with Gasteiger partial charge in [0.2, 0.25) is 22.7 Å². The summed E-state index contributed by atoms with van der Waals surface area (Å²) in [6.45, 7) is 1.93. The van der Waals surface area contributed by atoms with E-state index in [2.05, 4.69) is 10.0 Å². The highest BCUT2D eigenvalue weighted by atomic mass is 32.2. The number of anilines is 1. The molecule has 0 spiro atoms. The Morgan fingerprint density at radius 2 is 1.74 bits per heavy atom. The summed E-state index contributed by atoms with van der Waals surface area (Å²) in [5.41, 5.74) is 1.34. The predicted octanol–water partition coefficient (Wildman–Crippen LogP) is 3.31. The van der Waals surface area contributed by atoms with E-state index >= 15 is 0 Å². The molecule has 1 atom stereocenters. The second-order valence-corrected chi connectivity index (χ2v) is 9.23. The van der Waals surface area contributed by atoms with Crippen LogP contribution >= 0.6 is 0 Å². The van der Waals surface area contributed by atoms with Gasteiger partial charge in [-0.05, 0) is 61.0 Å². The van der Waals surface area contributed by atoms with Crippen LogP contribution in [0.25, 0.3) is 0 Å². The third-order valence-electron chi connectivity index (χ3n) is 5.04. The molecule has 0 bridgehead atoms. The van der Waals surface area contributed by atoms with Crippen LogP contribution in [0.4, 0.5) is 5.69 Å². The largest absolute Gasteiger partial charge is 0.497 e. The van der Waals surface area contributed by atoms with Crippen LogP contribution in [0.1, 0.15) is 12.5 Å². The van der Waals surface area contributed by atoms with Gasteiger partial charge in [-0.2, -0.15) is 4.72 Å². The van der Waals surface area contributed by atoms with E-state index in [0.29, 0.717) is 28.7 Å². The lowest BCUT2D eigenvalue weighted by atomic mass is 10.2. The van der Waals surface area contributed by atoms with Crippen molar-refractivity contribution in [1.29, 1.82) is 0 Å². The smallest absolute Gasteiger partial charge is 0.242 e. The van der Waals surface area contributed by atoms with Gasteiger partial charge in [0.15, 0.2) is 11.5 Å². The molecular weight excluding hydrogens is 460 g/mol. The van der Waals surface area contributed by atoms with Gasteiger partial charge < -0.3 is 24.3 Å². The maximum absolute atomic E-state index is 12.6. The van der Waals surface area contributed by atoms with Crippen molar-refractivity contribution < 1.29 is 32.2 Å². The molecule has 0 aliphatic carbocycles. The van der Waals surface area contributed by atoms with E-state index in [-0.39, 0.29) is 18.3 Å². The molecule has 0 aromatic heterocycles. The van der Waals surface area contributed by atoms with Gasteiger partial charge >= 0.3 is 0 Å². The van der Waals surface area contributed by atoms with E-state index in [1.807, 2.05) is 6.07 Å². The van der Waals surface area contributed by atoms with Crippen molar-refractivity contribution in [3.63, 3.8) is 0 Å². The highest BCUT2D eigenvalue weighted by Gasteiger charge is 2.22. The molecule has 2 N–H and O–H groups in total. The molecule has 34 heavy (non-hydrogen) atoms. The lowest BCUT2D eigenvalue weighted by Gasteiger charge is -2.15. The number of methoxy groups -OCH3 is 1. The molecule has 0 radical (unpaired) electrons. The normalized spacial score (nSPS) is 13.2. The number of carbonyl (C=O) groups excluding carboxylic acids is 1. The third-order valence-corrected chi connectivity index (χ3v) is 6.60. The SMILES string of the molecule is COc1ccc(S(=O)(=O)N[C@@H](C)C(=O)Nc2cccc(COc3ccc4c(c3)OCO4)c2)cc1. The summed E-state index contributed by atoms with van der Waals surface area (Å²) in [5, 5.41) is 2.73. The third kappa shape index (κ3) is 5.59. The van der Waals surface area contributed by atoms with E-state index in [9.17, 15) is 13.2 Å². The molecule has 4 rings (SSSR count). The highest BCUT2D eigenvalue weighted by molar-refractivity contribution is 7.89. The van der Waals surface area contributed by atoms with Gasteiger partial charge in [-0.1, -0.05) is 12.1 Å². The lowest BCUT2D eigenvalue weighted by molar-refractivity contribution is -0.117. The van der Waals surface area contributed by atoms with Gasteiger partial charge in [-0.25, -0.2) is 8.42 Å². The summed E-state index contributed by atoms with van der Waals surface area (Å²) in [5.74, 6) is 1.97. The zero-order valence-electron chi connectivity index (χ0n) is 18.6. The summed E-state index contributed by atoms with van der Waals surface area (Å²) in [4.78, 5) is 12.6. The van der Waals surface area contributed by atoms with Gasteiger partial charge in [0.1, 0.15) is 18.1 Å². The van der Waals surface area contributed by atoms with Gasteiger partial charge in [0.05, 0.1) is 18.0 Å². The van der Waals surface area contributed by atoms with Crippen LogP contribution < -0.4 is 29.0 Å². The fraction of sp³-hybridized carbons (Fsp3) is 0.208. The molecule has 0 unspecified atom stereocenters. The molecule has 10 heteroatoms. The molecule has 1 heterocycles. The summed E-state index contributed by atoms with van der Waals surface area (Å²) >= 11 is 0. The van der Waals surface area contributed by atoms with Crippen molar-refractivity contribution in [2.45, 2.75) is 24.5 Å². The van der Waals surface area contributed by atoms with Crippen molar-refractivity contribution in [2.75, 3.05) is 19.2 Å². The molecule has 1 aliphatic heterocycles. The Labute approximate surface area is 197 Å². The summed E-state index contributed by atoms with van der Waals surface area (Å²) in [6, 6.07) is 17.3. The number of fused-ring (bicyclic) bond motifs is 1. The number of amides is 1. The average molecular weight is 485 g/mol. The second kappa shape index (κ2) is 10.0. The Balaban J connectivity index is 1.34. The van der Waals surface area contributed by atoms with Crippen LogP contribution in [0.5, 0.6) is 23.0 Å². The minimum atomic E-state index is -3.88. The first-order valence-corrected chi connectivity index (χ1v) is 11.9.